The molecule has 1 aromatic rings. The molecule has 0 radical (unpaired) electrons. The van der Waals surface area contributed by atoms with E-state index in [4.69, 9.17) is 0 Å². The molecular weight excluding hydrogens is 284 g/mol. The summed E-state index contributed by atoms with van der Waals surface area (Å²) in [7, 11) is -3.37. The summed E-state index contributed by atoms with van der Waals surface area (Å²) in [6.45, 7) is 3.61. The van der Waals surface area contributed by atoms with Gasteiger partial charge in [0.1, 0.15) is 0 Å². The van der Waals surface area contributed by atoms with Crippen molar-refractivity contribution in [3.05, 3.63) is 23.8 Å². The standard InChI is InChI=1S/C16H26N2O2S/c1-2-3-4-5-6-7-11-18-21(19,20)15-9-8-14-10-12-17-16(14)13-15/h8-9,13,17-18H,2-7,10-12H2,1H3. The van der Waals surface area contributed by atoms with E-state index < -0.39 is 10.0 Å². The minimum Gasteiger partial charge on any atom is -0.384 e. The predicted octanol–water partition coefficient (Wildman–Crippen LogP) is 3.29. The molecule has 21 heavy (non-hydrogen) atoms. The minimum atomic E-state index is -3.37. The molecule has 0 atom stereocenters. The van der Waals surface area contributed by atoms with E-state index in [1.165, 1.54) is 31.2 Å². The highest BCUT2D eigenvalue weighted by atomic mass is 32.2. The Hall–Kier alpha value is -1.07. The lowest BCUT2D eigenvalue weighted by Crippen LogP contribution is -2.24. The van der Waals surface area contributed by atoms with Crippen molar-refractivity contribution in [1.29, 1.82) is 0 Å². The summed E-state index contributed by atoms with van der Waals surface area (Å²) in [5, 5.41) is 3.22. The van der Waals surface area contributed by atoms with E-state index in [1.54, 1.807) is 12.1 Å². The van der Waals surface area contributed by atoms with Crippen LogP contribution in [0, 0.1) is 0 Å². The van der Waals surface area contributed by atoms with Crippen molar-refractivity contribution in [3.63, 3.8) is 0 Å². The molecule has 0 saturated carbocycles. The Morgan fingerprint density at radius 3 is 2.71 bits per heavy atom. The molecular formula is C16H26N2O2S. The smallest absolute Gasteiger partial charge is 0.240 e. The monoisotopic (exact) mass is 310 g/mol. The lowest BCUT2D eigenvalue weighted by Gasteiger charge is -2.08. The third-order valence-electron chi connectivity index (χ3n) is 3.92. The van der Waals surface area contributed by atoms with Crippen LogP contribution in [0.4, 0.5) is 5.69 Å². The molecule has 1 aliphatic rings. The molecule has 5 heteroatoms. The van der Waals surface area contributed by atoms with Crippen molar-refractivity contribution < 1.29 is 8.42 Å². The SMILES string of the molecule is CCCCCCCCNS(=O)(=O)c1ccc2c(c1)NCC2. The number of fused-ring (bicyclic) bond motifs is 1. The van der Waals surface area contributed by atoms with E-state index in [2.05, 4.69) is 17.0 Å². The molecule has 0 aromatic heterocycles. The van der Waals surface area contributed by atoms with Crippen molar-refractivity contribution in [2.45, 2.75) is 56.8 Å². The van der Waals surface area contributed by atoms with Crippen LogP contribution in [-0.4, -0.2) is 21.5 Å². The number of hydrogen-bond donors (Lipinski definition) is 2. The van der Waals surface area contributed by atoms with Gasteiger partial charge in [0.05, 0.1) is 4.90 Å². The first-order valence-corrected chi connectivity index (χ1v) is 9.48. The lowest BCUT2D eigenvalue weighted by molar-refractivity contribution is 0.567. The third-order valence-corrected chi connectivity index (χ3v) is 5.38. The zero-order valence-electron chi connectivity index (χ0n) is 12.8. The second-order valence-electron chi connectivity index (χ2n) is 5.66. The maximum Gasteiger partial charge on any atom is 0.240 e. The van der Waals surface area contributed by atoms with Gasteiger partial charge < -0.3 is 5.32 Å². The van der Waals surface area contributed by atoms with Gasteiger partial charge in [0.2, 0.25) is 10.0 Å². The quantitative estimate of drug-likeness (QED) is 0.688. The van der Waals surface area contributed by atoms with Gasteiger partial charge in [0, 0.05) is 18.8 Å². The molecule has 2 rings (SSSR count). The minimum absolute atomic E-state index is 0.363. The molecule has 0 unspecified atom stereocenters. The van der Waals surface area contributed by atoms with Gasteiger partial charge in [-0.15, -0.1) is 0 Å². The summed E-state index contributed by atoms with van der Waals surface area (Å²) in [4.78, 5) is 0.363. The topological polar surface area (TPSA) is 58.2 Å². The van der Waals surface area contributed by atoms with E-state index in [0.29, 0.717) is 11.4 Å². The molecule has 4 nitrogen and oxygen atoms in total. The van der Waals surface area contributed by atoms with E-state index in [0.717, 1.165) is 31.5 Å². The number of hydrogen-bond acceptors (Lipinski definition) is 3. The van der Waals surface area contributed by atoms with Gasteiger partial charge in [-0.2, -0.15) is 0 Å². The van der Waals surface area contributed by atoms with Gasteiger partial charge in [-0.3, -0.25) is 0 Å². The van der Waals surface area contributed by atoms with Crippen LogP contribution in [0.2, 0.25) is 0 Å². The second-order valence-corrected chi connectivity index (χ2v) is 7.43. The average molecular weight is 310 g/mol. The molecule has 0 bridgehead atoms. The first kappa shape index (κ1) is 16.3. The summed E-state index contributed by atoms with van der Waals surface area (Å²) in [5.41, 5.74) is 2.15. The van der Waals surface area contributed by atoms with Crippen LogP contribution in [0.15, 0.2) is 23.1 Å². The van der Waals surface area contributed by atoms with Crippen LogP contribution in [0.1, 0.15) is 51.0 Å². The van der Waals surface area contributed by atoms with Gasteiger partial charge in [-0.05, 0) is 30.5 Å². The number of benzene rings is 1. The van der Waals surface area contributed by atoms with E-state index in [-0.39, 0.29) is 0 Å². The number of unbranched alkanes of at least 4 members (excludes halogenated alkanes) is 5. The van der Waals surface area contributed by atoms with Crippen molar-refractivity contribution in [2.75, 3.05) is 18.4 Å². The molecule has 0 aliphatic carbocycles. The second kappa shape index (κ2) is 7.80. The Morgan fingerprint density at radius 1 is 1.14 bits per heavy atom. The summed E-state index contributed by atoms with van der Waals surface area (Å²) in [6, 6.07) is 5.36. The summed E-state index contributed by atoms with van der Waals surface area (Å²) >= 11 is 0. The van der Waals surface area contributed by atoms with Crippen LogP contribution >= 0.6 is 0 Å². The third kappa shape index (κ3) is 4.71. The van der Waals surface area contributed by atoms with Crippen molar-refractivity contribution in [1.82, 2.24) is 4.72 Å². The van der Waals surface area contributed by atoms with Gasteiger partial charge in [-0.1, -0.05) is 45.1 Å². The maximum absolute atomic E-state index is 12.2. The fourth-order valence-electron chi connectivity index (χ4n) is 2.63. The predicted molar refractivity (Wildman–Crippen MR) is 87.2 cm³/mol. The zero-order chi connectivity index (χ0) is 15.1. The average Bonchev–Trinajstić information content (AvgIpc) is 2.93. The fraction of sp³-hybridized carbons (Fsp3) is 0.625. The van der Waals surface area contributed by atoms with Crippen molar-refractivity contribution in [3.8, 4) is 0 Å². The van der Waals surface area contributed by atoms with Crippen LogP contribution in [0.5, 0.6) is 0 Å². The number of nitrogens with one attached hydrogen (secondary N) is 2. The molecule has 0 saturated heterocycles. The molecule has 2 N–H and O–H groups in total. The van der Waals surface area contributed by atoms with E-state index in [9.17, 15) is 8.42 Å². The largest absolute Gasteiger partial charge is 0.384 e. The number of anilines is 1. The normalized spacial score (nSPS) is 14.0. The van der Waals surface area contributed by atoms with Crippen LogP contribution in [-0.2, 0) is 16.4 Å². The summed E-state index contributed by atoms with van der Waals surface area (Å²) < 4.78 is 27.2. The number of sulfonamides is 1. The van der Waals surface area contributed by atoms with E-state index in [1.807, 2.05) is 6.07 Å². The molecule has 0 spiro atoms. The fourth-order valence-corrected chi connectivity index (χ4v) is 3.73. The van der Waals surface area contributed by atoms with Gasteiger partial charge in [-0.25, -0.2) is 13.1 Å². The summed E-state index contributed by atoms with van der Waals surface area (Å²) in [5.74, 6) is 0. The van der Waals surface area contributed by atoms with Crippen LogP contribution in [0.25, 0.3) is 0 Å². The molecule has 118 valence electrons. The highest BCUT2D eigenvalue weighted by Crippen LogP contribution is 2.25. The van der Waals surface area contributed by atoms with Crippen LogP contribution < -0.4 is 10.0 Å². The van der Waals surface area contributed by atoms with Gasteiger partial charge in [0.15, 0.2) is 0 Å². The lowest BCUT2D eigenvalue weighted by atomic mass is 10.1. The van der Waals surface area contributed by atoms with E-state index >= 15 is 0 Å². The molecule has 0 fully saturated rings. The Balaban J connectivity index is 1.79. The number of rotatable bonds is 9. The molecule has 1 heterocycles. The first-order valence-electron chi connectivity index (χ1n) is 8.00. The Morgan fingerprint density at radius 2 is 1.90 bits per heavy atom. The first-order chi connectivity index (χ1) is 10.1. The Labute approximate surface area is 128 Å². The Kier molecular flexibility index (Phi) is 6.06. The molecule has 0 amide bonds. The highest BCUT2D eigenvalue weighted by Gasteiger charge is 2.17. The maximum atomic E-state index is 12.2. The molecule has 1 aromatic carbocycles. The van der Waals surface area contributed by atoms with Gasteiger partial charge >= 0.3 is 0 Å². The zero-order valence-corrected chi connectivity index (χ0v) is 13.6. The van der Waals surface area contributed by atoms with Gasteiger partial charge in [0.25, 0.3) is 0 Å². The van der Waals surface area contributed by atoms with Crippen molar-refractivity contribution >= 4 is 15.7 Å². The Bertz CT molecular complexity index is 555. The summed E-state index contributed by atoms with van der Waals surface area (Å²) in [6.07, 6.45) is 7.92. The van der Waals surface area contributed by atoms with Crippen LogP contribution in [0.3, 0.4) is 0 Å². The highest BCUT2D eigenvalue weighted by molar-refractivity contribution is 7.89. The molecule has 1 aliphatic heterocycles. The van der Waals surface area contributed by atoms with Crippen molar-refractivity contribution in [2.24, 2.45) is 0 Å².